The first-order valence-electron chi connectivity index (χ1n) is 7.60. The molecule has 1 rings (SSSR count). The van der Waals surface area contributed by atoms with Crippen LogP contribution < -0.4 is 5.32 Å². The van der Waals surface area contributed by atoms with E-state index in [-0.39, 0.29) is 50.0 Å². The Labute approximate surface area is 120 Å². The molecule has 5 heteroatoms. The van der Waals surface area contributed by atoms with Crippen LogP contribution in [0.4, 0.5) is 8.78 Å². The predicted molar refractivity (Wildman–Crippen MR) is 74.6 cm³/mol. The van der Waals surface area contributed by atoms with Gasteiger partial charge in [0.05, 0.1) is 0 Å². The Morgan fingerprint density at radius 2 is 1.95 bits per heavy atom. The van der Waals surface area contributed by atoms with Crippen molar-refractivity contribution in [2.24, 2.45) is 17.8 Å². The van der Waals surface area contributed by atoms with Crippen molar-refractivity contribution in [3.63, 3.8) is 0 Å². The smallest absolute Gasteiger partial charge is 0.248 e. The first-order valence-corrected chi connectivity index (χ1v) is 7.60. The van der Waals surface area contributed by atoms with E-state index in [0.717, 1.165) is 6.42 Å². The number of alkyl halides is 2. The van der Waals surface area contributed by atoms with E-state index in [1.54, 1.807) is 0 Å². The number of rotatable bonds is 7. The van der Waals surface area contributed by atoms with Crippen LogP contribution in [0.25, 0.3) is 0 Å². The largest absolute Gasteiger partial charge is 0.396 e. The van der Waals surface area contributed by atoms with E-state index in [1.807, 2.05) is 0 Å². The molecule has 1 amide bonds. The Morgan fingerprint density at radius 1 is 1.35 bits per heavy atom. The van der Waals surface area contributed by atoms with Gasteiger partial charge in [-0.1, -0.05) is 13.8 Å². The Kier molecular flexibility index (Phi) is 6.86. The van der Waals surface area contributed by atoms with Crippen LogP contribution in [0.2, 0.25) is 0 Å². The average molecular weight is 291 g/mol. The first-order chi connectivity index (χ1) is 9.34. The molecule has 0 aromatic carbocycles. The van der Waals surface area contributed by atoms with Crippen molar-refractivity contribution in [1.29, 1.82) is 0 Å². The van der Waals surface area contributed by atoms with E-state index in [0.29, 0.717) is 18.9 Å². The summed E-state index contributed by atoms with van der Waals surface area (Å²) in [6, 6.07) is 0. The van der Waals surface area contributed by atoms with Crippen LogP contribution in [0.5, 0.6) is 0 Å². The molecule has 0 spiro atoms. The number of carbonyl (C=O) groups is 1. The first kappa shape index (κ1) is 17.3. The van der Waals surface area contributed by atoms with Crippen LogP contribution in [-0.4, -0.2) is 30.1 Å². The van der Waals surface area contributed by atoms with E-state index < -0.39 is 5.92 Å². The summed E-state index contributed by atoms with van der Waals surface area (Å²) >= 11 is 0. The third kappa shape index (κ3) is 6.16. The molecule has 1 unspecified atom stereocenters. The number of hydrogen-bond acceptors (Lipinski definition) is 2. The van der Waals surface area contributed by atoms with Crippen LogP contribution in [0.15, 0.2) is 0 Å². The van der Waals surface area contributed by atoms with Gasteiger partial charge in [0, 0.05) is 31.9 Å². The average Bonchev–Trinajstić information content (AvgIpc) is 2.35. The molecule has 0 heterocycles. The monoisotopic (exact) mass is 291 g/mol. The minimum Gasteiger partial charge on any atom is -0.396 e. The van der Waals surface area contributed by atoms with Gasteiger partial charge in [0.25, 0.3) is 0 Å². The maximum absolute atomic E-state index is 13.0. The lowest BCUT2D eigenvalue weighted by Crippen LogP contribution is -2.38. The van der Waals surface area contributed by atoms with E-state index in [1.165, 1.54) is 0 Å². The molecule has 118 valence electrons. The molecule has 20 heavy (non-hydrogen) atoms. The SMILES string of the molecule is CC(C)CC(CCO)CNC(=O)C1CCC(F)(F)CC1. The second kappa shape index (κ2) is 7.91. The third-order valence-electron chi connectivity index (χ3n) is 3.99. The summed E-state index contributed by atoms with van der Waals surface area (Å²) in [6.07, 6.45) is 1.79. The third-order valence-corrected chi connectivity index (χ3v) is 3.99. The lowest BCUT2D eigenvalue weighted by molar-refractivity contribution is -0.129. The molecular formula is C15H27F2NO2. The molecule has 1 aliphatic carbocycles. The van der Waals surface area contributed by atoms with E-state index in [9.17, 15) is 13.6 Å². The highest BCUT2D eigenvalue weighted by molar-refractivity contribution is 5.78. The summed E-state index contributed by atoms with van der Waals surface area (Å²) in [5.41, 5.74) is 0. The zero-order chi connectivity index (χ0) is 15.2. The van der Waals surface area contributed by atoms with Gasteiger partial charge in [0.15, 0.2) is 0 Å². The van der Waals surface area contributed by atoms with E-state index in [2.05, 4.69) is 19.2 Å². The van der Waals surface area contributed by atoms with Gasteiger partial charge in [-0.25, -0.2) is 8.78 Å². The number of nitrogens with one attached hydrogen (secondary N) is 1. The summed E-state index contributed by atoms with van der Waals surface area (Å²) in [7, 11) is 0. The second-order valence-corrected chi connectivity index (χ2v) is 6.38. The molecule has 0 bridgehead atoms. The molecule has 1 atom stereocenters. The van der Waals surface area contributed by atoms with Crippen LogP contribution >= 0.6 is 0 Å². The van der Waals surface area contributed by atoms with Crippen LogP contribution in [-0.2, 0) is 4.79 Å². The van der Waals surface area contributed by atoms with Gasteiger partial charge in [-0.2, -0.15) is 0 Å². The number of aliphatic hydroxyl groups is 1. The number of hydrogen-bond donors (Lipinski definition) is 2. The number of carbonyl (C=O) groups excluding carboxylic acids is 1. The maximum Gasteiger partial charge on any atom is 0.248 e. The van der Waals surface area contributed by atoms with Crippen molar-refractivity contribution in [3.8, 4) is 0 Å². The summed E-state index contributed by atoms with van der Waals surface area (Å²) < 4.78 is 26.1. The van der Waals surface area contributed by atoms with Crippen molar-refractivity contribution in [3.05, 3.63) is 0 Å². The predicted octanol–water partition coefficient (Wildman–Crippen LogP) is 2.97. The van der Waals surface area contributed by atoms with Crippen LogP contribution in [0.3, 0.4) is 0 Å². The molecule has 1 aliphatic rings. The summed E-state index contributed by atoms with van der Waals surface area (Å²) in [5.74, 6) is -2.20. The maximum atomic E-state index is 13.0. The fraction of sp³-hybridized carbons (Fsp3) is 0.933. The molecular weight excluding hydrogens is 264 g/mol. The topological polar surface area (TPSA) is 49.3 Å². The molecule has 0 radical (unpaired) electrons. The lowest BCUT2D eigenvalue weighted by Gasteiger charge is -2.28. The molecule has 1 fully saturated rings. The number of amides is 1. The standard InChI is InChI=1S/C15H27F2NO2/c1-11(2)9-12(5-8-19)10-18-14(20)13-3-6-15(16,17)7-4-13/h11-13,19H,3-10H2,1-2H3,(H,18,20). The van der Waals surface area contributed by atoms with Gasteiger partial charge in [0.1, 0.15) is 0 Å². The Balaban J connectivity index is 2.34. The van der Waals surface area contributed by atoms with Gasteiger partial charge in [0.2, 0.25) is 11.8 Å². The summed E-state index contributed by atoms with van der Waals surface area (Å²) in [5, 5.41) is 11.9. The summed E-state index contributed by atoms with van der Waals surface area (Å²) in [4.78, 5) is 12.0. The van der Waals surface area contributed by atoms with Crippen molar-refractivity contribution in [1.82, 2.24) is 5.32 Å². The van der Waals surface area contributed by atoms with Crippen molar-refractivity contribution in [2.75, 3.05) is 13.2 Å². The Bertz CT molecular complexity index is 298. The Morgan fingerprint density at radius 3 is 2.45 bits per heavy atom. The minimum absolute atomic E-state index is 0.104. The number of halogens is 2. The number of aliphatic hydroxyl groups excluding tert-OH is 1. The molecule has 0 aliphatic heterocycles. The molecule has 1 saturated carbocycles. The van der Waals surface area contributed by atoms with Crippen molar-refractivity contribution < 1.29 is 18.7 Å². The quantitative estimate of drug-likeness (QED) is 0.757. The molecule has 2 N–H and O–H groups in total. The van der Waals surface area contributed by atoms with Gasteiger partial charge >= 0.3 is 0 Å². The van der Waals surface area contributed by atoms with Gasteiger partial charge in [-0.3, -0.25) is 4.79 Å². The lowest BCUT2D eigenvalue weighted by atomic mass is 9.86. The van der Waals surface area contributed by atoms with Gasteiger partial charge in [-0.05, 0) is 37.5 Å². The molecule has 3 nitrogen and oxygen atoms in total. The zero-order valence-corrected chi connectivity index (χ0v) is 12.5. The fourth-order valence-corrected chi connectivity index (χ4v) is 2.84. The molecule has 0 aromatic heterocycles. The van der Waals surface area contributed by atoms with E-state index >= 15 is 0 Å². The van der Waals surface area contributed by atoms with Crippen molar-refractivity contribution >= 4 is 5.91 Å². The van der Waals surface area contributed by atoms with Crippen LogP contribution in [0.1, 0.15) is 52.4 Å². The molecule has 0 saturated heterocycles. The highest BCUT2D eigenvalue weighted by Crippen LogP contribution is 2.36. The normalized spacial score (nSPS) is 20.9. The van der Waals surface area contributed by atoms with Crippen molar-refractivity contribution in [2.45, 2.75) is 58.3 Å². The minimum atomic E-state index is -2.59. The molecule has 0 aromatic rings. The van der Waals surface area contributed by atoms with Gasteiger partial charge < -0.3 is 10.4 Å². The Hall–Kier alpha value is -0.710. The van der Waals surface area contributed by atoms with Gasteiger partial charge in [-0.15, -0.1) is 0 Å². The van der Waals surface area contributed by atoms with Crippen LogP contribution in [0, 0.1) is 17.8 Å². The zero-order valence-electron chi connectivity index (χ0n) is 12.5. The van der Waals surface area contributed by atoms with E-state index in [4.69, 9.17) is 5.11 Å². The highest BCUT2D eigenvalue weighted by atomic mass is 19.3. The fourth-order valence-electron chi connectivity index (χ4n) is 2.84. The highest BCUT2D eigenvalue weighted by Gasteiger charge is 2.37. The second-order valence-electron chi connectivity index (χ2n) is 6.38. The summed E-state index contributed by atoms with van der Waals surface area (Å²) in [6.45, 7) is 4.86.